The van der Waals surface area contributed by atoms with E-state index in [1.807, 2.05) is 42.5 Å². The summed E-state index contributed by atoms with van der Waals surface area (Å²) in [6.07, 6.45) is 3.04. The van der Waals surface area contributed by atoms with Crippen molar-refractivity contribution in [2.24, 2.45) is 0 Å². The number of benzene rings is 2. The fourth-order valence-electron chi connectivity index (χ4n) is 1.64. The highest BCUT2D eigenvalue weighted by atomic mass is 16.5. The number of hydrogen-bond acceptors (Lipinski definition) is 2. The van der Waals surface area contributed by atoms with E-state index in [1.54, 1.807) is 25.3 Å². The molecule has 0 fully saturated rings. The summed E-state index contributed by atoms with van der Waals surface area (Å²) >= 11 is 0. The van der Waals surface area contributed by atoms with Crippen LogP contribution in [0.15, 0.2) is 66.7 Å². The van der Waals surface area contributed by atoms with E-state index in [2.05, 4.69) is 11.8 Å². The van der Waals surface area contributed by atoms with Crippen LogP contribution in [0.5, 0.6) is 5.75 Å². The normalized spacial score (nSPS) is 9.85. The van der Waals surface area contributed by atoms with Crippen molar-refractivity contribution in [3.8, 4) is 17.6 Å². The fraction of sp³-hybridized carbons (Fsp3) is 0.0556. The first-order valence-electron chi connectivity index (χ1n) is 6.21. The highest BCUT2D eigenvalue weighted by Gasteiger charge is 1.97. The summed E-state index contributed by atoms with van der Waals surface area (Å²) in [4.78, 5) is 11.8. The van der Waals surface area contributed by atoms with Gasteiger partial charge in [-0.25, -0.2) is 0 Å². The van der Waals surface area contributed by atoms with Crippen LogP contribution in [0.1, 0.15) is 15.9 Å². The molecule has 2 aromatic carbocycles. The molecule has 0 aromatic heterocycles. The second kappa shape index (κ2) is 6.96. The predicted octanol–water partition coefficient (Wildman–Crippen LogP) is 3.49. The summed E-state index contributed by atoms with van der Waals surface area (Å²) in [6.45, 7) is 0. The molecule has 0 saturated heterocycles. The topological polar surface area (TPSA) is 26.3 Å². The van der Waals surface area contributed by atoms with Crippen LogP contribution in [-0.4, -0.2) is 12.9 Å². The summed E-state index contributed by atoms with van der Waals surface area (Å²) in [5, 5.41) is 0. The van der Waals surface area contributed by atoms with Crippen LogP contribution in [0, 0.1) is 11.8 Å². The number of carbonyl (C=O) groups is 1. The van der Waals surface area contributed by atoms with Crippen LogP contribution in [0.4, 0.5) is 0 Å². The van der Waals surface area contributed by atoms with Gasteiger partial charge in [0, 0.05) is 11.1 Å². The zero-order valence-electron chi connectivity index (χ0n) is 11.2. The van der Waals surface area contributed by atoms with Gasteiger partial charge in [-0.1, -0.05) is 48.2 Å². The van der Waals surface area contributed by atoms with Gasteiger partial charge in [0.15, 0.2) is 5.78 Å². The number of hydrogen-bond donors (Lipinski definition) is 0. The van der Waals surface area contributed by atoms with E-state index in [4.69, 9.17) is 4.74 Å². The first-order valence-corrected chi connectivity index (χ1v) is 6.21. The highest BCUT2D eigenvalue weighted by molar-refractivity contribution is 6.04. The standard InChI is InChI=1S/C18H14O2/c1-20-17-12-7-9-15(14-17)8-5-6-13-18(19)16-10-3-2-4-11-16/h2-4,6-7,9-14H,1H3/b13-6+. The molecule has 2 nitrogen and oxygen atoms in total. The average Bonchev–Trinajstić information content (AvgIpc) is 2.52. The maximum atomic E-state index is 11.8. The molecular weight excluding hydrogens is 248 g/mol. The van der Waals surface area contributed by atoms with E-state index in [0.29, 0.717) is 5.56 Å². The second-order valence-electron chi connectivity index (χ2n) is 4.06. The molecule has 2 heteroatoms. The Kier molecular flexibility index (Phi) is 4.75. The van der Waals surface area contributed by atoms with Crippen LogP contribution >= 0.6 is 0 Å². The molecule has 0 radical (unpaired) electrons. The Morgan fingerprint density at radius 1 is 1.10 bits per heavy atom. The molecule has 0 N–H and O–H groups in total. The van der Waals surface area contributed by atoms with Gasteiger partial charge >= 0.3 is 0 Å². The van der Waals surface area contributed by atoms with Crippen molar-refractivity contribution in [2.75, 3.05) is 7.11 Å². The van der Waals surface area contributed by atoms with Crippen molar-refractivity contribution in [3.63, 3.8) is 0 Å². The summed E-state index contributed by atoms with van der Waals surface area (Å²) in [7, 11) is 1.62. The lowest BCUT2D eigenvalue weighted by Crippen LogP contribution is -1.92. The molecule has 0 unspecified atom stereocenters. The summed E-state index contributed by atoms with van der Waals surface area (Å²) in [5.74, 6) is 6.52. The predicted molar refractivity (Wildman–Crippen MR) is 79.8 cm³/mol. The molecular formula is C18H14O2. The lowest BCUT2D eigenvalue weighted by atomic mass is 10.1. The van der Waals surface area contributed by atoms with Gasteiger partial charge in [0.05, 0.1) is 7.11 Å². The van der Waals surface area contributed by atoms with Gasteiger partial charge < -0.3 is 4.74 Å². The van der Waals surface area contributed by atoms with Crippen LogP contribution in [0.3, 0.4) is 0 Å². The van der Waals surface area contributed by atoms with Crippen molar-refractivity contribution in [1.82, 2.24) is 0 Å². The molecule has 2 rings (SSSR count). The second-order valence-corrected chi connectivity index (χ2v) is 4.06. The maximum absolute atomic E-state index is 11.8. The van der Waals surface area contributed by atoms with Crippen LogP contribution in [0.25, 0.3) is 0 Å². The van der Waals surface area contributed by atoms with Gasteiger partial charge in [-0.05, 0) is 30.4 Å². The molecule has 0 aliphatic heterocycles. The Morgan fingerprint density at radius 3 is 2.65 bits per heavy atom. The number of ether oxygens (including phenoxy) is 1. The molecule has 0 bridgehead atoms. The molecule has 0 aliphatic carbocycles. The molecule has 2 aromatic rings. The van der Waals surface area contributed by atoms with Gasteiger partial charge in [0.1, 0.15) is 5.75 Å². The van der Waals surface area contributed by atoms with Gasteiger partial charge in [-0.3, -0.25) is 4.79 Å². The number of ketones is 1. The Hall–Kier alpha value is -2.79. The Labute approximate surface area is 118 Å². The highest BCUT2D eigenvalue weighted by Crippen LogP contribution is 2.11. The number of methoxy groups -OCH3 is 1. The third-order valence-corrected chi connectivity index (χ3v) is 2.66. The van der Waals surface area contributed by atoms with Gasteiger partial charge in [0.25, 0.3) is 0 Å². The minimum absolute atomic E-state index is 0.0504. The minimum Gasteiger partial charge on any atom is -0.497 e. The van der Waals surface area contributed by atoms with Crippen molar-refractivity contribution in [2.45, 2.75) is 0 Å². The van der Waals surface area contributed by atoms with Gasteiger partial charge in [0.2, 0.25) is 0 Å². The molecule has 0 aliphatic rings. The molecule has 20 heavy (non-hydrogen) atoms. The van der Waals surface area contributed by atoms with Gasteiger partial charge in [-0.15, -0.1) is 0 Å². The first kappa shape index (κ1) is 13.6. The first-order chi connectivity index (χ1) is 9.79. The van der Waals surface area contributed by atoms with Crippen molar-refractivity contribution in [1.29, 1.82) is 0 Å². The quantitative estimate of drug-likeness (QED) is 0.481. The summed E-state index contributed by atoms with van der Waals surface area (Å²) in [5.41, 5.74) is 1.51. The van der Waals surface area contributed by atoms with Crippen LogP contribution in [0.2, 0.25) is 0 Å². The third-order valence-electron chi connectivity index (χ3n) is 2.66. The molecule has 0 amide bonds. The lowest BCUT2D eigenvalue weighted by Gasteiger charge is -1.97. The fourth-order valence-corrected chi connectivity index (χ4v) is 1.64. The number of rotatable bonds is 3. The zero-order chi connectivity index (χ0) is 14.2. The maximum Gasteiger partial charge on any atom is 0.186 e. The van der Waals surface area contributed by atoms with Crippen molar-refractivity contribution in [3.05, 3.63) is 77.9 Å². The molecule has 0 spiro atoms. The number of carbonyl (C=O) groups excluding carboxylic acids is 1. The van der Waals surface area contributed by atoms with Gasteiger partial charge in [-0.2, -0.15) is 0 Å². The van der Waals surface area contributed by atoms with E-state index in [-0.39, 0.29) is 5.78 Å². The van der Waals surface area contributed by atoms with Crippen LogP contribution in [-0.2, 0) is 0 Å². The minimum atomic E-state index is -0.0504. The molecule has 0 saturated carbocycles. The molecule has 0 heterocycles. The third kappa shape index (κ3) is 3.86. The molecule has 98 valence electrons. The van der Waals surface area contributed by atoms with E-state index in [0.717, 1.165) is 11.3 Å². The summed E-state index contributed by atoms with van der Waals surface area (Å²) < 4.78 is 5.12. The van der Waals surface area contributed by atoms with E-state index >= 15 is 0 Å². The molecule has 0 atom stereocenters. The van der Waals surface area contributed by atoms with E-state index < -0.39 is 0 Å². The monoisotopic (exact) mass is 262 g/mol. The van der Waals surface area contributed by atoms with E-state index in [1.165, 1.54) is 6.08 Å². The van der Waals surface area contributed by atoms with Crippen LogP contribution < -0.4 is 4.74 Å². The Bertz CT molecular complexity index is 673. The number of allylic oxidation sites excluding steroid dienone is 2. The van der Waals surface area contributed by atoms with Crippen molar-refractivity contribution >= 4 is 5.78 Å². The zero-order valence-corrected chi connectivity index (χ0v) is 11.2. The van der Waals surface area contributed by atoms with E-state index in [9.17, 15) is 4.79 Å². The van der Waals surface area contributed by atoms with Crippen molar-refractivity contribution < 1.29 is 9.53 Å². The summed E-state index contributed by atoms with van der Waals surface area (Å²) in [6, 6.07) is 16.6. The Balaban J connectivity index is 2.03. The largest absolute Gasteiger partial charge is 0.497 e. The SMILES string of the molecule is COc1cccc(C#C/C=C/C(=O)c2ccccc2)c1. The lowest BCUT2D eigenvalue weighted by molar-refractivity contribution is 0.104. The Morgan fingerprint density at radius 2 is 1.90 bits per heavy atom. The smallest absolute Gasteiger partial charge is 0.186 e. The average molecular weight is 262 g/mol.